The molecule has 1 unspecified atom stereocenters. The van der Waals surface area contributed by atoms with E-state index in [-0.39, 0.29) is 31.1 Å². The van der Waals surface area contributed by atoms with Gasteiger partial charge in [0.15, 0.2) is 6.10 Å². The number of carbonyl (C=O) groups is 3. The summed E-state index contributed by atoms with van der Waals surface area (Å²) in [7, 11) is 0. The fourth-order valence-electron chi connectivity index (χ4n) is 7.31. The molecule has 0 heterocycles. The van der Waals surface area contributed by atoms with Gasteiger partial charge in [0, 0.05) is 19.3 Å². The molecule has 0 aliphatic heterocycles. The first-order chi connectivity index (χ1) is 32.5. The largest absolute Gasteiger partial charge is 0.462 e. The molecule has 0 aliphatic carbocycles. The zero-order valence-electron chi connectivity index (χ0n) is 42.9. The van der Waals surface area contributed by atoms with Gasteiger partial charge in [-0.15, -0.1) is 0 Å². The second kappa shape index (κ2) is 53.9. The molecule has 0 rings (SSSR count). The van der Waals surface area contributed by atoms with Crippen LogP contribution < -0.4 is 0 Å². The normalized spacial score (nSPS) is 12.8. The van der Waals surface area contributed by atoms with Gasteiger partial charge in [-0.05, 0) is 96.3 Å². The number of hydrogen-bond donors (Lipinski definition) is 0. The van der Waals surface area contributed by atoms with Crippen LogP contribution in [0.3, 0.4) is 0 Å². The van der Waals surface area contributed by atoms with Crippen LogP contribution >= 0.6 is 0 Å². The highest BCUT2D eigenvalue weighted by Crippen LogP contribution is 2.15. The molecule has 0 aromatic rings. The maximum Gasteiger partial charge on any atom is 0.306 e. The summed E-state index contributed by atoms with van der Waals surface area (Å²) in [4.78, 5) is 37.7. The highest BCUT2D eigenvalue weighted by Gasteiger charge is 2.19. The van der Waals surface area contributed by atoms with E-state index in [4.69, 9.17) is 14.2 Å². The van der Waals surface area contributed by atoms with Crippen LogP contribution in [0.4, 0.5) is 0 Å². The molecular weight excluding hydrogens is 817 g/mol. The van der Waals surface area contributed by atoms with Crippen molar-refractivity contribution >= 4 is 17.9 Å². The molecule has 0 saturated carbocycles. The third-order valence-electron chi connectivity index (χ3n) is 11.3. The van der Waals surface area contributed by atoms with Gasteiger partial charge in [0.1, 0.15) is 13.2 Å². The summed E-state index contributed by atoms with van der Waals surface area (Å²) < 4.78 is 16.7. The van der Waals surface area contributed by atoms with Crippen molar-refractivity contribution in [1.29, 1.82) is 0 Å². The predicted molar refractivity (Wildman–Crippen MR) is 284 cm³/mol. The SMILES string of the molecule is CC/C=C\C/C=C\C/C=C\C/C=C\C/C=C\CCCCCCCCCCCCCCCC(=O)OCC(COC(=O)CCCCCCCC)OC(=O)CCCCC/C=C\C/C=C\C/C=C\CC. The molecule has 376 valence electrons. The summed E-state index contributed by atoms with van der Waals surface area (Å²) in [6.45, 7) is 6.32. The van der Waals surface area contributed by atoms with Crippen LogP contribution in [0.25, 0.3) is 0 Å². The van der Waals surface area contributed by atoms with Crippen LogP contribution in [0.1, 0.15) is 245 Å². The maximum atomic E-state index is 12.7. The van der Waals surface area contributed by atoms with E-state index in [0.29, 0.717) is 19.3 Å². The minimum Gasteiger partial charge on any atom is -0.462 e. The second-order valence-corrected chi connectivity index (χ2v) is 17.7. The van der Waals surface area contributed by atoms with Gasteiger partial charge in [0.05, 0.1) is 0 Å². The van der Waals surface area contributed by atoms with Crippen LogP contribution in [0.15, 0.2) is 97.2 Å². The highest BCUT2D eigenvalue weighted by molar-refractivity contribution is 5.71. The minimum atomic E-state index is -0.788. The Labute approximate surface area is 407 Å². The van der Waals surface area contributed by atoms with Crippen LogP contribution in [0, 0.1) is 0 Å². The monoisotopic (exact) mass is 917 g/mol. The molecule has 66 heavy (non-hydrogen) atoms. The molecule has 0 bridgehead atoms. The molecule has 6 nitrogen and oxygen atoms in total. The summed E-state index contributed by atoms with van der Waals surface area (Å²) >= 11 is 0. The summed E-state index contributed by atoms with van der Waals surface area (Å²) in [6, 6.07) is 0. The lowest BCUT2D eigenvalue weighted by molar-refractivity contribution is -0.167. The number of allylic oxidation sites excluding steroid dienone is 16. The lowest BCUT2D eigenvalue weighted by atomic mass is 10.0. The van der Waals surface area contributed by atoms with Gasteiger partial charge in [-0.3, -0.25) is 14.4 Å². The van der Waals surface area contributed by atoms with Crippen LogP contribution in [0.5, 0.6) is 0 Å². The quantitative estimate of drug-likeness (QED) is 0.0262. The maximum absolute atomic E-state index is 12.7. The fourth-order valence-corrected chi connectivity index (χ4v) is 7.31. The topological polar surface area (TPSA) is 78.9 Å². The summed E-state index contributed by atoms with van der Waals surface area (Å²) in [6.07, 6.45) is 71.5. The number of unbranched alkanes of at least 4 members (excludes halogenated alkanes) is 21. The van der Waals surface area contributed by atoms with Crippen LogP contribution in [-0.4, -0.2) is 37.2 Å². The van der Waals surface area contributed by atoms with E-state index in [9.17, 15) is 14.4 Å². The van der Waals surface area contributed by atoms with Crippen molar-refractivity contribution < 1.29 is 28.6 Å². The Morgan fingerprint density at radius 1 is 0.318 bits per heavy atom. The Morgan fingerprint density at radius 2 is 0.591 bits per heavy atom. The number of esters is 3. The van der Waals surface area contributed by atoms with E-state index in [1.807, 2.05) is 0 Å². The summed E-state index contributed by atoms with van der Waals surface area (Å²) in [5, 5.41) is 0. The van der Waals surface area contributed by atoms with Crippen LogP contribution in [0.2, 0.25) is 0 Å². The van der Waals surface area contributed by atoms with Crippen molar-refractivity contribution in [3.05, 3.63) is 97.2 Å². The van der Waals surface area contributed by atoms with E-state index in [1.54, 1.807) is 0 Å². The third-order valence-corrected chi connectivity index (χ3v) is 11.3. The first-order valence-corrected chi connectivity index (χ1v) is 27.2. The molecule has 0 amide bonds. The van der Waals surface area contributed by atoms with Gasteiger partial charge in [-0.1, -0.05) is 227 Å². The fraction of sp³-hybridized carbons (Fsp3) is 0.683. The van der Waals surface area contributed by atoms with Crippen molar-refractivity contribution in [2.75, 3.05) is 13.2 Å². The Morgan fingerprint density at radius 3 is 0.939 bits per heavy atom. The van der Waals surface area contributed by atoms with Crippen molar-refractivity contribution in [3.63, 3.8) is 0 Å². The van der Waals surface area contributed by atoms with Crippen molar-refractivity contribution in [2.24, 2.45) is 0 Å². The molecule has 0 spiro atoms. The second-order valence-electron chi connectivity index (χ2n) is 17.7. The first-order valence-electron chi connectivity index (χ1n) is 27.2. The Kier molecular flexibility index (Phi) is 50.9. The van der Waals surface area contributed by atoms with Crippen molar-refractivity contribution in [1.82, 2.24) is 0 Å². The molecule has 0 radical (unpaired) electrons. The molecule has 6 heteroatoms. The van der Waals surface area contributed by atoms with E-state index in [2.05, 4.69) is 118 Å². The summed E-state index contributed by atoms with van der Waals surface area (Å²) in [5.74, 6) is -0.931. The van der Waals surface area contributed by atoms with Gasteiger partial charge in [-0.25, -0.2) is 0 Å². The van der Waals surface area contributed by atoms with Gasteiger partial charge in [0.25, 0.3) is 0 Å². The standard InChI is InChI=1S/C60H100O6/c1-4-7-10-13-16-18-20-22-23-24-25-26-27-28-29-30-31-32-33-34-35-36-37-39-40-42-44-47-50-53-59(62)65-56-57(55-64-58(61)52-49-46-15-12-9-6-3)66-60(63)54-51-48-45-43-41-38-21-19-17-14-11-8-5-2/h7-8,10-11,16-19,22-23,25-26,28-29,38,41,57H,4-6,9,12-15,20-21,24,27,30-37,39-40,42-56H2,1-3H3/b10-7-,11-8-,18-16-,19-17-,23-22-,26-25-,29-28-,41-38-. The number of hydrogen-bond acceptors (Lipinski definition) is 6. The van der Waals surface area contributed by atoms with Gasteiger partial charge in [-0.2, -0.15) is 0 Å². The molecule has 0 fully saturated rings. The number of carbonyl (C=O) groups excluding carboxylic acids is 3. The smallest absolute Gasteiger partial charge is 0.306 e. The molecular formula is C60H100O6. The molecule has 0 saturated heterocycles. The van der Waals surface area contributed by atoms with Crippen molar-refractivity contribution in [2.45, 2.75) is 252 Å². The summed E-state index contributed by atoms with van der Waals surface area (Å²) in [5.41, 5.74) is 0. The molecule has 0 aliphatic rings. The number of rotatable bonds is 48. The highest BCUT2D eigenvalue weighted by atomic mass is 16.6. The molecule has 0 aromatic heterocycles. The third kappa shape index (κ3) is 51.3. The van der Waals surface area contributed by atoms with Gasteiger partial charge in [0.2, 0.25) is 0 Å². The molecule has 0 aromatic carbocycles. The molecule has 0 N–H and O–H groups in total. The van der Waals surface area contributed by atoms with Gasteiger partial charge < -0.3 is 14.2 Å². The first kappa shape index (κ1) is 62.3. The zero-order valence-corrected chi connectivity index (χ0v) is 42.9. The van der Waals surface area contributed by atoms with Crippen LogP contribution in [-0.2, 0) is 28.6 Å². The Hall–Kier alpha value is -3.67. The lowest BCUT2D eigenvalue weighted by Crippen LogP contribution is -2.30. The lowest BCUT2D eigenvalue weighted by Gasteiger charge is -2.18. The Balaban J connectivity index is 4.08. The average molecular weight is 917 g/mol. The number of ether oxygens (including phenoxy) is 3. The van der Waals surface area contributed by atoms with E-state index < -0.39 is 6.10 Å². The zero-order chi connectivity index (χ0) is 47.9. The predicted octanol–water partition coefficient (Wildman–Crippen LogP) is 18.1. The van der Waals surface area contributed by atoms with E-state index >= 15 is 0 Å². The van der Waals surface area contributed by atoms with Crippen molar-refractivity contribution in [3.8, 4) is 0 Å². The van der Waals surface area contributed by atoms with E-state index in [0.717, 1.165) is 116 Å². The van der Waals surface area contributed by atoms with Gasteiger partial charge >= 0.3 is 17.9 Å². The molecule has 1 atom stereocenters. The minimum absolute atomic E-state index is 0.0890. The van der Waals surface area contributed by atoms with E-state index in [1.165, 1.54) is 89.9 Å². The Bertz CT molecular complexity index is 1330. The average Bonchev–Trinajstić information content (AvgIpc) is 3.31.